The van der Waals surface area contributed by atoms with E-state index in [0.717, 1.165) is 34.8 Å². The molecular formula is C13H8ClF3N2O4S. The Morgan fingerprint density at radius 2 is 1.96 bits per heavy atom. The first-order valence-electron chi connectivity index (χ1n) is 6.08. The summed E-state index contributed by atoms with van der Waals surface area (Å²) in [7, 11) is 0. The van der Waals surface area contributed by atoms with Crippen molar-refractivity contribution in [1.82, 2.24) is 0 Å². The highest BCUT2D eigenvalue weighted by Gasteiger charge is 2.33. The maximum absolute atomic E-state index is 12.6. The van der Waals surface area contributed by atoms with Crippen molar-refractivity contribution in [3.05, 3.63) is 46.9 Å². The maximum atomic E-state index is 12.6. The molecule has 2 N–H and O–H groups in total. The maximum Gasteiger partial charge on any atom is 0.417 e. The predicted molar refractivity (Wildman–Crippen MR) is 82.6 cm³/mol. The molecule has 0 bridgehead atoms. The van der Waals surface area contributed by atoms with Gasteiger partial charge in [0.2, 0.25) is 5.76 Å². The van der Waals surface area contributed by atoms with Crippen LogP contribution in [0.25, 0.3) is 0 Å². The molecule has 0 spiro atoms. The lowest BCUT2D eigenvalue weighted by Crippen LogP contribution is -2.26. The number of carboxylic acid groups (broad SMARTS) is 1. The average molecular weight is 381 g/mol. The van der Waals surface area contributed by atoms with Crippen LogP contribution in [0.15, 0.2) is 34.9 Å². The minimum Gasteiger partial charge on any atom is -0.475 e. The van der Waals surface area contributed by atoms with E-state index in [4.69, 9.17) is 21.1 Å². The zero-order valence-electron chi connectivity index (χ0n) is 11.5. The van der Waals surface area contributed by atoms with Gasteiger partial charge in [0, 0.05) is 11.8 Å². The van der Waals surface area contributed by atoms with Gasteiger partial charge in [-0.2, -0.15) is 13.2 Å². The number of halogens is 4. The number of nitrogens with one attached hydrogen (secondary N) is 1. The lowest BCUT2D eigenvalue weighted by molar-refractivity contribution is -0.137. The highest BCUT2D eigenvalue weighted by molar-refractivity contribution is 7.82. The standard InChI is InChI=1S/C13H8ClF3N2O4S/c14-9-3-6(1-2-8(9)13(15,16)17)18-12(22)19(24)7-4-10(11(20)21)23-5-7/h1-5,24H,(H,18,22)(H,20,21). The molecule has 6 nitrogen and oxygen atoms in total. The Labute approximate surface area is 143 Å². The third kappa shape index (κ3) is 3.95. The Hall–Kier alpha value is -2.33. The van der Waals surface area contributed by atoms with Crippen molar-refractivity contribution >= 4 is 47.8 Å². The average Bonchev–Trinajstić information content (AvgIpc) is 2.95. The van der Waals surface area contributed by atoms with Gasteiger partial charge in [-0.25, -0.2) is 13.9 Å². The number of carbonyl (C=O) groups is 2. The molecule has 2 amide bonds. The summed E-state index contributed by atoms with van der Waals surface area (Å²) < 4.78 is 43.3. The summed E-state index contributed by atoms with van der Waals surface area (Å²) in [6.45, 7) is 0. The normalized spacial score (nSPS) is 11.2. The van der Waals surface area contributed by atoms with Gasteiger partial charge in [-0.05, 0) is 18.2 Å². The summed E-state index contributed by atoms with van der Waals surface area (Å²) in [5.74, 6) is -1.74. The fraction of sp³-hybridized carbons (Fsp3) is 0.0769. The van der Waals surface area contributed by atoms with Gasteiger partial charge in [-0.3, -0.25) is 0 Å². The number of nitrogens with zero attached hydrogens (tertiary/aromatic N) is 1. The largest absolute Gasteiger partial charge is 0.475 e. The number of hydrogen-bond donors (Lipinski definition) is 3. The van der Waals surface area contributed by atoms with Gasteiger partial charge < -0.3 is 14.8 Å². The summed E-state index contributed by atoms with van der Waals surface area (Å²) in [5.41, 5.74) is -1.02. The number of amides is 2. The molecule has 0 fully saturated rings. The van der Waals surface area contributed by atoms with E-state index in [0.29, 0.717) is 0 Å². The van der Waals surface area contributed by atoms with E-state index in [-0.39, 0.29) is 11.4 Å². The van der Waals surface area contributed by atoms with E-state index in [1.165, 1.54) is 0 Å². The van der Waals surface area contributed by atoms with Gasteiger partial charge in [0.25, 0.3) is 0 Å². The number of urea groups is 1. The first-order valence-corrected chi connectivity index (χ1v) is 6.86. The molecule has 0 radical (unpaired) electrons. The number of benzene rings is 1. The van der Waals surface area contributed by atoms with Crippen LogP contribution in [-0.4, -0.2) is 17.1 Å². The second-order valence-electron chi connectivity index (χ2n) is 4.41. The minimum atomic E-state index is -4.61. The molecule has 0 saturated carbocycles. The number of carbonyl (C=O) groups excluding carboxylic acids is 1. The van der Waals surface area contributed by atoms with Crippen molar-refractivity contribution in [1.29, 1.82) is 0 Å². The first-order chi connectivity index (χ1) is 11.1. The SMILES string of the molecule is O=C(O)c1cc(N(S)C(=O)Nc2ccc(C(F)(F)F)c(Cl)c2)co1. The van der Waals surface area contributed by atoms with Gasteiger partial charge in [0.15, 0.2) is 0 Å². The smallest absolute Gasteiger partial charge is 0.417 e. The molecule has 24 heavy (non-hydrogen) atoms. The fourth-order valence-electron chi connectivity index (χ4n) is 1.67. The third-order valence-corrected chi connectivity index (χ3v) is 3.48. The molecule has 128 valence electrons. The van der Waals surface area contributed by atoms with Crippen LogP contribution in [0.5, 0.6) is 0 Å². The lowest BCUT2D eigenvalue weighted by atomic mass is 10.2. The Morgan fingerprint density at radius 1 is 1.29 bits per heavy atom. The molecule has 2 aromatic rings. The monoisotopic (exact) mass is 380 g/mol. The highest BCUT2D eigenvalue weighted by atomic mass is 35.5. The summed E-state index contributed by atoms with van der Waals surface area (Å²) >= 11 is 9.42. The Morgan fingerprint density at radius 3 is 2.46 bits per heavy atom. The number of furan rings is 1. The van der Waals surface area contributed by atoms with E-state index in [2.05, 4.69) is 18.1 Å². The molecule has 11 heteroatoms. The van der Waals surface area contributed by atoms with Crippen molar-refractivity contribution in [2.45, 2.75) is 6.18 Å². The zero-order chi connectivity index (χ0) is 18.1. The molecular weight excluding hydrogens is 373 g/mol. The molecule has 0 atom stereocenters. The van der Waals surface area contributed by atoms with Crippen LogP contribution in [-0.2, 0) is 6.18 Å². The van der Waals surface area contributed by atoms with Crippen molar-refractivity contribution in [3.8, 4) is 0 Å². The number of anilines is 2. The summed E-state index contributed by atoms with van der Waals surface area (Å²) in [4.78, 5) is 22.7. The third-order valence-electron chi connectivity index (χ3n) is 2.76. The Kier molecular flexibility index (Phi) is 4.99. The summed E-state index contributed by atoms with van der Waals surface area (Å²) in [6.07, 6.45) is -3.63. The second-order valence-corrected chi connectivity index (χ2v) is 5.22. The zero-order valence-corrected chi connectivity index (χ0v) is 13.1. The van der Waals surface area contributed by atoms with Crippen molar-refractivity contribution in [2.75, 3.05) is 9.62 Å². The number of aromatic carboxylic acids is 1. The highest BCUT2D eigenvalue weighted by Crippen LogP contribution is 2.36. The fourth-order valence-corrected chi connectivity index (χ4v) is 2.11. The molecule has 0 aliphatic rings. The molecule has 1 aromatic carbocycles. The van der Waals surface area contributed by atoms with Gasteiger partial charge >= 0.3 is 18.2 Å². The molecule has 2 rings (SSSR count). The van der Waals surface area contributed by atoms with Gasteiger partial charge in [0.05, 0.1) is 16.3 Å². The van der Waals surface area contributed by atoms with Gasteiger partial charge in [0.1, 0.15) is 6.26 Å². The van der Waals surface area contributed by atoms with Crippen molar-refractivity contribution < 1.29 is 32.3 Å². The number of thiol groups is 1. The van der Waals surface area contributed by atoms with Crippen LogP contribution in [0, 0.1) is 0 Å². The Bertz CT molecular complexity index is 794. The van der Waals surface area contributed by atoms with Crippen molar-refractivity contribution in [3.63, 3.8) is 0 Å². The number of rotatable bonds is 3. The van der Waals surface area contributed by atoms with Gasteiger partial charge in [-0.15, -0.1) is 0 Å². The van der Waals surface area contributed by atoms with E-state index in [1.807, 2.05) is 0 Å². The first kappa shape index (κ1) is 18.0. The van der Waals surface area contributed by atoms with Gasteiger partial charge in [-0.1, -0.05) is 24.4 Å². The quantitative estimate of drug-likeness (QED) is 0.683. The van der Waals surface area contributed by atoms with E-state index in [9.17, 15) is 22.8 Å². The van der Waals surface area contributed by atoms with Crippen LogP contribution in [0.1, 0.15) is 16.1 Å². The molecule has 1 aromatic heterocycles. The van der Waals surface area contributed by atoms with E-state index in [1.54, 1.807) is 0 Å². The number of carboxylic acids is 1. The molecule has 0 saturated heterocycles. The molecule has 0 aliphatic carbocycles. The van der Waals surface area contributed by atoms with Crippen LogP contribution in [0.2, 0.25) is 5.02 Å². The lowest BCUT2D eigenvalue weighted by Gasteiger charge is -2.15. The van der Waals surface area contributed by atoms with Crippen LogP contribution in [0.3, 0.4) is 0 Å². The van der Waals surface area contributed by atoms with E-state index >= 15 is 0 Å². The topological polar surface area (TPSA) is 82.8 Å². The van der Waals surface area contributed by atoms with Crippen LogP contribution in [0.4, 0.5) is 29.3 Å². The van der Waals surface area contributed by atoms with E-state index < -0.39 is 34.5 Å². The molecule has 0 aliphatic heterocycles. The summed E-state index contributed by atoms with van der Waals surface area (Å²) in [6, 6.07) is 2.87. The second kappa shape index (κ2) is 6.65. The molecule has 0 unspecified atom stereocenters. The van der Waals surface area contributed by atoms with Crippen LogP contribution < -0.4 is 9.62 Å². The predicted octanol–water partition coefficient (Wildman–Crippen LogP) is 4.53. The van der Waals surface area contributed by atoms with Crippen molar-refractivity contribution in [2.24, 2.45) is 0 Å². The summed E-state index contributed by atoms with van der Waals surface area (Å²) in [5, 5.41) is 10.4. The number of hydrogen-bond acceptors (Lipinski definition) is 4. The Balaban J connectivity index is 2.14. The van der Waals surface area contributed by atoms with Crippen LogP contribution >= 0.6 is 24.4 Å². The minimum absolute atomic E-state index is 0.000923. The molecule has 1 heterocycles. The number of alkyl halides is 3.